The first kappa shape index (κ1) is 15.0. The summed E-state index contributed by atoms with van der Waals surface area (Å²) in [5.74, 6) is 0.895. The molecule has 1 unspecified atom stereocenters. The lowest BCUT2D eigenvalue weighted by atomic mass is 9.75. The summed E-state index contributed by atoms with van der Waals surface area (Å²) < 4.78 is 22.3. The minimum Gasteiger partial charge on any atom is -0.313 e. The molecule has 1 rings (SSSR count). The summed E-state index contributed by atoms with van der Waals surface area (Å²) in [5.41, 5.74) is 0.216. The van der Waals surface area contributed by atoms with Gasteiger partial charge < -0.3 is 5.32 Å². The van der Waals surface area contributed by atoms with E-state index in [2.05, 4.69) is 26.1 Å². The van der Waals surface area contributed by atoms with Crippen molar-refractivity contribution < 1.29 is 8.42 Å². The topological polar surface area (TPSA) is 46.2 Å². The van der Waals surface area contributed by atoms with Gasteiger partial charge in [-0.1, -0.05) is 20.8 Å². The van der Waals surface area contributed by atoms with Crippen LogP contribution in [0.1, 0.15) is 46.5 Å². The average Bonchev–Trinajstić information content (AvgIpc) is 2.95. The van der Waals surface area contributed by atoms with Crippen LogP contribution in [0.5, 0.6) is 0 Å². The van der Waals surface area contributed by atoms with Gasteiger partial charge >= 0.3 is 0 Å². The molecule has 3 nitrogen and oxygen atoms in total. The van der Waals surface area contributed by atoms with Gasteiger partial charge in [-0.25, -0.2) is 8.42 Å². The van der Waals surface area contributed by atoms with E-state index in [4.69, 9.17) is 0 Å². The van der Waals surface area contributed by atoms with E-state index in [-0.39, 0.29) is 5.41 Å². The second-order valence-electron chi connectivity index (χ2n) is 6.20. The van der Waals surface area contributed by atoms with E-state index in [9.17, 15) is 8.42 Å². The van der Waals surface area contributed by atoms with Gasteiger partial charge in [0.2, 0.25) is 0 Å². The van der Waals surface area contributed by atoms with Crippen molar-refractivity contribution in [3.63, 3.8) is 0 Å². The lowest BCUT2D eigenvalue weighted by Crippen LogP contribution is -2.37. The predicted octanol–water partition coefficient (Wildman–Crippen LogP) is 2.23. The first-order valence-electron chi connectivity index (χ1n) is 6.64. The number of hydrogen-bond acceptors (Lipinski definition) is 3. The highest BCUT2D eigenvalue weighted by molar-refractivity contribution is 7.90. The molecule has 0 radical (unpaired) electrons. The number of rotatable bonds is 8. The Bertz CT molecular complexity index is 333. The fraction of sp³-hybridized carbons (Fsp3) is 1.00. The van der Waals surface area contributed by atoms with Crippen LogP contribution in [0, 0.1) is 11.3 Å². The van der Waals surface area contributed by atoms with Gasteiger partial charge in [-0.15, -0.1) is 0 Å². The van der Waals surface area contributed by atoms with Crippen LogP contribution in [0.4, 0.5) is 0 Å². The van der Waals surface area contributed by atoms with Crippen LogP contribution >= 0.6 is 0 Å². The molecule has 0 bridgehead atoms. The molecule has 1 N–H and O–H groups in total. The highest BCUT2D eigenvalue weighted by Crippen LogP contribution is 2.33. The first-order chi connectivity index (χ1) is 7.73. The van der Waals surface area contributed by atoms with Crippen molar-refractivity contribution in [3.8, 4) is 0 Å². The highest BCUT2D eigenvalue weighted by atomic mass is 32.2. The van der Waals surface area contributed by atoms with Gasteiger partial charge in [0.05, 0.1) is 0 Å². The molecule has 1 fully saturated rings. The Morgan fingerprint density at radius 2 is 1.94 bits per heavy atom. The van der Waals surface area contributed by atoms with Gasteiger partial charge in [0.1, 0.15) is 9.84 Å². The van der Waals surface area contributed by atoms with E-state index in [0.717, 1.165) is 25.4 Å². The van der Waals surface area contributed by atoms with Crippen LogP contribution in [0.3, 0.4) is 0 Å². The van der Waals surface area contributed by atoms with Crippen LogP contribution in [0.25, 0.3) is 0 Å². The Balaban J connectivity index is 2.39. The van der Waals surface area contributed by atoms with Gasteiger partial charge in [0.25, 0.3) is 0 Å². The van der Waals surface area contributed by atoms with Crippen molar-refractivity contribution >= 4 is 9.84 Å². The molecule has 0 saturated heterocycles. The molecule has 0 spiro atoms. The van der Waals surface area contributed by atoms with Gasteiger partial charge in [0, 0.05) is 24.6 Å². The fourth-order valence-electron chi connectivity index (χ4n) is 1.98. The first-order valence-corrected chi connectivity index (χ1v) is 8.70. The third-order valence-corrected chi connectivity index (χ3v) is 5.06. The molecule has 0 aromatic rings. The van der Waals surface area contributed by atoms with Crippen molar-refractivity contribution in [2.24, 2.45) is 11.3 Å². The van der Waals surface area contributed by atoms with Crippen molar-refractivity contribution in [1.29, 1.82) is 0 Å². The Morgan fingerprint density at radius 3 is 2.35 bits per heavy atom. The van der Waals surface area contributed by atoms with Gasteiger partial charge in [-0.05, 0) is 37.0 Å². The molecule has 102 valence electrons. The second-order valence-corrected chi connectivity index (χ2v) is 8.46. The SMILES string of the molecule is CC(C)C(C)(CCCS(C)(=O)=O)CNC1CC1. The van der Waals surface area contributed by atoms with Crippen molar-refractivity contribution in [3.05, 3.63) is 0 Å². The zero-order valence-corrected chi connectivity index (χ0v) is 12.4. The smallest absolute Gasteiger partial charge is 0.147 e. The van der Waals surface area contributed by atoms with E-state index in [1.807, 2.05) is 0 Å². The zero-order chi connectivity index (χ0) is 13.1. The molecule has 1 aliphatic rings. The zero-order valence-electron chi connectivity index (χ0n) is 11.6. The molecule has 0 amide bonds. The molecule has 1 saturated carbocycles. The lowest BCUT2D eigenvalue weighted by molar-refractivity contribution is 0.189. The molecule has 1 atom stereocenters. The molecule has 0 aromatic heterocycles. The van der Waals surface area contributed by atoms with Crippen molar-refractivity contribution in [2.75, 3.05) is 18.6 Å². The molecule has 4 heteroatoms. The van der Waals surface area contributed by atoms with Crippen LogP contribution in [-0.2, 0) is 9.84 Å². The minimum atomic E-state index is -2.81. The predicted molar refractivity (Wildman–Crippen MR) is 72.9 cm³/mol. The van der Waals surface area contributed by atoms with Crippen LogP contribution in [0.15, 0.2) is 0 Å². The average molecular weight is 261 g/mol. The molecule has 1 aliphatic carbocycles. The summed E-state index contributed by atoms with van der Waals surface area (Å²) in [4.78, 5) is 0. The minimum absolute atomic E-state index is 0.216. The monoisotopic (exact) mass is 261 g/mol. The Hall–Kier alpha value is -0.0900. The lowest BCUT2D eigenvalue weighted by Gasteiger charge is -2.34. The molecule has 0 aromatic carbocycles. The number of sulfone groups is 1. The summed E-state index contributed by atoms with van der Waals surface area (Å²) in [5, 5.41) is 3.58. The fourth-order valence-corrected chi connectivity index (χ4v) is 2.65. The van der Waals surface area contributed by atoms with Gasteiger partial charge in [-0.3, -0.25) is 0 Å². The molecule has 0 aliphatic heterocycles. The quantitative estimate of drug-likeness (QED) is 0.729. The summed E-state index contributed by atoms with van der Waals surface area (Å²) in [6.45, 7) is 7.75. The molecule has 0 heterocycles. The van der Waals surface area contributed by atoms with E-state index in [1.165, 1.54) is 19.1 Å². The molecule has 17 heavy (non-hydrogen) atoms. The summed E-state index contributed by atoms with van der Waals surface area (Å²) >= 11 is 0. The van der Waals surface area contributed by atoms with Crippen molar-refractivity contribution in [2.45, 2.75) is 52.5 Å². The number of hydrogen-bond donors (Lipinski definition) is 1. The summed E-state index contributed by atoms with van der Waals surface area (Å²) in [7, 11) is -2.81. The largest absolute Gasteiger partial charge is 0.313 e. The molecular formula is C13H27NO2S. The standard InChI is InChI=1S/C13H27NO2S/c1-11(2)13(3,10-14-12-6-7-12)8-5-9-17(4,15)16/h11-12,14H,5-10H2,1-4H3. The van der Waals surface area contributed by atoms with Gasteiger partial charge in [0.15, 0.2) is 0 Å². The summed E-state index contributed by atoms with van der Waals surface area (Å²) in [6.07, 6.45) is 5.69. The Labute approximate surface area is 106 Å². The summed E-state index contributed by atoms with van der Waals surface area (Å²) in [6, 6.07) is 0.725. The van der Waals surface area contributed by atoms with Crippen LogP contribution in [-0.4, -0.2) is 33.0 Å². The third kappa shape index (κ3) is 5.87. The number of nitrogens with one attached hydrogen (secondary N) is 1. The normalized spacial score (nSPS) is 20.5. The molecular weight excluding hydrogens is 234 g/mol. The maximum absolute atomic E-state index is 11.1. The highest BCUT2D eigenvalue weighted by Gasteiger charge is 2.31. The third-order valence-electron chi connectivity index (χ3n) is 4.03. The van der Waals surface area contributed by atoms with E-state index in [0.29, 0.717) is 11.7 Å². The van der Waals surface area contributed by atoms with Crippen molar-refractivity contribution in [1.82, 2.24) is 5.32 Å². The Kier molecular flexibility index (Phi) is 5.02. The van der Waals surface area contributed by atoms with E-state index >= 15 is 0 Å². The second kappa shape index (κ2) is 5.70. The Morgan fingerprint density at radius 1 is 1.35 bits per heavy atom. The van der Waals surface area contributed by atoms with E-state index in [1.54, 1.807) is 0 Å². The van der Waals surface area contributed by atoms with E-state index < -0.39 is 9.84 Å². The maximum Gasteiger partial charge on any atom is 0.147 e. The maximum atomic E-state index is 11.1. The van der Waals surface area contributed by atoms with Gasteiger partial charge in [-0.2, -0.15) is 0 Å². The van der Waals surface area contributed by atoms with Crippen LogP contribution < -0.4 is 5.32 Å². The van der Waals surface area contributed by atoms with Crippen LogP contribution in [0.2, 0.25) is 0 Å².